The zero-order chi connectivity index (χ0) is 35.2. The lowest BCUT2D eigenvalue weighted by Gasteiger charge is -2.20. The molecule has 2 unspecified atom stereocenters. The minimum absolute atomic E-state index is 0.0890. The molecular formula is C39H68NO7P. The number of carbonyl (C=O) groups is 1. The number of carbonyl (C=O) groups excluding carboxylic acids is 1. The molecule has 3 N–H and O–H groups in total. The van der Waals surface area contributed by atoms with Crippen LogP contribution in [-0.2, 0) is 27.9 Å². The topological polar surface area (TPSA) is 117 Å². The summed E-state index contributed by atoms with van der Waals surface area (Å²) in [6.07, 6.45) is 43.5. The average molecular weight is 694 g/mol. The van der Waals surface area contributed by atoms with Gasteiger partial charge in [-0.15, -0.1) is 0 Å². The number of esters is 1. The van der Waals surface area contributed by atoms with Crippen LogP contribution in [0.15, 0.2) is 72.9 Å². The fourth-order valence-corrected chi connectivity index (χ4v) is 5.26. The van der Waals surface area contributed by atoms with Crippen LogP contribution in [0.1, 0.15) is 129 Å². The first kappa shape index (κ1) is 45.9. The highest BCUT2D eigenvalue weighted by molar-refractivity contribution is 7.47. The number of unbranched alkanes of at least 4 members (excludes halogenated alkanes) is 9. The summed E-state index contributed by atoms with van der Waals surface area (Å²) in [6, 6.07) is 0. The molecule has 0 amide bonds. The summed E-state index contributed by atoms with van der Waals surface area (Å²) < 4.78 is 33.2. The number of phosphoric ester groups is 1. The number of phosphoric acid groups is 1. The van der Waals surface area contributed by atoms with Gasteiger partial charge in [0.15, 0.2) is 0 Å². The van der Waals surface area contributed by atoms with Crippen molar-refractivity contribution in [1.29, 1.82) is 0 Å². The van der Waals surface area contributed by atoms with E-state index in [1.165, 1.54) is 19.3 Å². The molecule has 0 aromatic rings. The van der Waals surface area contributed by atoms with Gasteiger partial charge in [0.2, 0.25) is 0 Å². The van der Waals surface area contributed by atoms with Crippen LogP contribution in [0.5, 0.6) is 0 Å². The van der Waals surface area contributed by atoms with Gasteiger partial charge < -0.3 is 20.1 Å². The van der Waals surface area contributed by atoms with E-state index in [9.17, 15) is 14.3 Å². The minimum atomic E-state index is -4.29. The molecule has 0 aliphatic heterocycles. The van der Waals surface area contributed by atoms with Crippen molar-refractivity contribution in [2.45, 2.75) is 136 Å². The Labute approximate surface area is 293 Å². The van der Waals surface area contributed by atoms with E-state index in [-0.39, 0.29) is 38.8 Å². The Bertz CT molecular complexity index is 958. The predicted molar refractivity (Wildman–Crippen MR) is 201 cm³/mol. The minimum Gasteiger partial charge on any atom is -0.457 e. The van der Waals surface area contributed by atoms with Crippen molar-refractivity contribution in [3.63, 3.8) is 0 Å². The van der Waals surface area contributed by atoms with Crippen molar-refractivity contribution in [2.24, 2.45) is 5.73 Å². The van der Waals surface area contributed by atoms with Gasteiger partial charge in [0, 0.05) is 19.6 Å². The molecule has 0 radical (unpaired) electrons. The van der Waals surface area contributed by atoms with E-state index in [2.05, 4.69) is 86.8 Å². The molecule has 0 bridgehead atoms. The second kappa shape index (κ2) is 36.2. The fraction of sp³-hybridized carbons (Fsp3) is 0.667. The van der Waals surface area contributed by atoms with Crippen molar-refractivity contribution in [1.82, 2.24) is 0 Å². The van der Waals surface area contributed by atoms with Gasteiger partial charge in [0.1, 0.15) is 6.10 Å². The first-order chi connectivity index (χ1) is 23.4. The van der Waals surface area contributed by atoms with Crippen molar-refractivity contribution in [3.05, 3.63) is 72.9 Å². The quantitative estimate of drug-likeness (QED) is 0.0296. The van der Waals surface area contributed by atoms with Gasteiger partial charge in [0.05, 0.1) is 19.8 Å². The van der Waals surface area contributed by atoms with Crippen LogP contribution in [0.25, 0.3) is 0 Å². The predicted octanol–water partition coefficient (Wildman–Crippen LogP) is 10.4. The molecule has 276 valence electrons. The molecule has 0 aromatic carbocycles. The summed E-state index contributed by atoms with van der Waals surface area (Å²) in [5.41, 5.74) is 5.34. The largest absolute Gasteiger partial charge is 0.472 e. The zero-order valence-corrected chi connectivity index (χ0v) is 31.1. The third-order valence-electron chi connectivity index (χ3n) is 7.12. The van der Waals surface area contributed by atoms with Crippen LogP contribution in [-0.4, -0.2) is 49.9 Å². The molecule has 9 heteroatoms. The van der Waals surface area contributed by atoms with E-state index in [0.29, 0.717) is 13.0 Å². The van der Waals surface area contributed by atoms with E-state index < -0.39 is 13.9 Å². The summed E-state index contributed by atoms with van der Waals surface area (Å²) in [5.74, 6) is -0.369. The summed E-state index contributed by atoms with van der Waals surface area (Å²) in [7, 11) is -4.29. The van der Waals surface area contributed by atoms with Gasteiger partial charge in [-0.2, -0.15) is 0 Å². The lowest BCUT2D eigenvalue weighted by atomic mass is 10.1. The second-order valence-corrected chi connectivity index (χ2v) is 13.1. The maximum atomic E-state index is 12.5. The highest BCUT2D eigenvalue weighted by Crippen LogP contribution is 2.43. The van der Waals surface area contributed by atoms with Gasteiger partial charge >= 0.3 is 13.8 Å². The van der Waals surface area contributed by atoms with Crippen LogP contribution in [0, 0.1) is 0 Å². The van der Waals surface area contributed by atoms with Gasteiger partial charge in [-0.05, 0) is 77.0 Å². The van der Waals surface area contributed by atoms with Crippen molar-refractivity contribution < 1.29 is 32.8 Å². The normalized spacial score (nSPS) is 14.5. The van der Waals surface area contributed by atoms with Crippen LogP contribution in [0.2, 0.25) is 0 Å². The van der Waals surface area contributed by atoms with Crippen LogP contribution >= 0.6 is 7.82 Å². The first-order valence-corrected chi connectivity index (χ1v) is 19.9. The van der Waals surface area contributed by atoms with Crippen LogP contribution in [0.4, 0.5) is 0 Å². The Hall–Kier alpha value is -2.06. The van der Waals surface area contributed by atoms with E-state index in [1.54, 1.807) is 0 Å². The monoisotopic (exact) mass is 693 g/mol. The summed E-state index contributed by atoms with van der Waals surface area (Å²) in [5, 5.41) is 0. The van der Waals surface area contributed by atoms with Gasteiger partial charge in [-0.3, -0.25) is 13.8 Å². The molecule has 2 atom stereocenters. The molecule has 48 heavy (non-hydrogen) atoms. The third-order valence-corrected chi connectivity index (χ3v) is 8.10. The lowest BCUT2D eigenvalue weighted by Crippen LogP contribution is -2.28. The maximum Gasteiger partial charge on any atom is 0.472 e. The number of ether oxygens (including phenoxy) is 2. The highest BCUT2D eigenvalue weighted by atomic mass is 31.2. The number of nitrogens with two attached hydrogens (primary N) is 1. The SMILES string of the molecule is CC/C=C\C/C=C\C/C=C\CCCCCCCCOCC(COP(=O)(O)OCCN)OC(=O)CCCCC/C=C\C/C=C\C/C=C\CC. The van der Waals surface area contributed by atoms with Crippen LogP contribution < -0.4 is 5.73 Å². The standard InChI is InChI=1S/C39H68NO7P/c1-3-5-7-9-11-13-15-17-18-19-21-23-25-27-29-31-34-44-36-38(37-46-48(42,43)45-35-33-40)47-39(41)32-30-28-26-24-22-20-16-14-12-10-8-6-4-2/h5-8,11-14,17-18,20,22,38H,3-4,9-10,15-16,19,21,23-37,40H2,1-2H3,(H,42,43)/b7-5-,8-6-,13-11-,14-12-,18-17-,22-20-. The van der Waals surface area contributed by atoms with E-state index in [4.69, 9.17) is 24.3 Å². The smallest absolute Gasteiger partial charge is 0.457 e. The van der Waals surface area contributed by atoms with Gasteiger partial charge in [-0.25, -0.2) is 4.57 Å². The Morgan fingerprint density at radius 3 is 1.65 bits per heavy atom. The fourth-order valence-electron chi connectivity index (χ4n) is 4.49. The number of hydrogen-bond acceptors (Lipinski definition) is 7. The van der Waals surface area contributed by atoms with Crippen LogP contribution in [0.3, 0.4) is 0 Å². The summed E-state index contributed by atoms with van der Waals surface area (Å²) >= 11 is 0. The summed E-state index contributed by atoms with van der Waals surface area (Å²) in [6.45, 7) is 4.59. The number of rotatable bonds is 34. The molecule has 0 saturated carbocycles. The molecule has 8 nitrogen and oxygen atoms in total. The molecule has 0 aliphatic carbocycles. The van der Waals surface area contributed by atoms with E-state index >= 15 is 0 Å². The zero-order valence-electron chi connectivity index (χ0n) is 30.2. The molecular weight excluding hydrogens is 625 g/mol. The van der Waals surface area contributed by atoms with E-state index in [1.807, 2.05) is 0 Å². The van der Waals surface area contributed by atoms with E-state index in [0.717, 1.165) is 83.5 Å². The Morgan fingerprint density at radius 1 is 0.625 bits per heavy atom. The Kier molecular flexibility index (Phi) is 34.7. The highest BCUT2D eigenvalue weighted by Gasteiger charge is 2.25. The molecule has 0 spiro atoms. The summed E-state index contributed by atoms with van der Waals surface area (Å²) in [4.78, 5) is 22.3. The Balaban J connectivity index is 4.19. The van der Waals surface area contributed by atoms with Crippen molar-refractivity contribution in [3.8, 4) is 0 Å². The second-order valence-electron chi connectivity index (χ2n) is 11.7. The van der Waals surface area contributed by atoms with Gasteiger partial charge in [-0.1, -0.05) is 119 Å². The average Bonchev–Trinajstić information content (AvgIpc) is 3.07. The number of allylic oxidation sites excluding steroid dienone is 12. The Morgan fingerprint density at radius 2 is 1.10 bits per heavy atom. The molecule has 0 aliphatic rings. The van der Waals surface area contributed by atoms with Gasteiger partial charge in [0.25, 0.3) is 0 Å². The third kappa shape index (κ3) is 35.3. The maximum absolute atomic E-state index is 12.5. The molecule has 0 aromatic heterocycles. The van der Waals surface area contributed by atoms with Crippen molar-refractivity contribution in [2.75, 3.05) is 33.0 Å². The molecule has 0 saturated heterocycles. The van der Waals surface area contributed by atoms with Crippen molar-refractivity contribution >= 4 is 13.8 Å². The number of hydrogen-bond donors (Lipinski definition) is 2. The lowest BCUT2D eigenvalue weighted by molar-refractivity contribution is -0.154. The molecule has 0 rings (SSSR count). The molecule has 0 heterocycles. The molecule has 0 fully saturated rings. The first-order valence-electron chi connectivity index (χ1n) is 18.4.